The molecule has 2 unspecified atom stereocenters. The molecule has 5 rings (SSSR count). The third kappa shape index (κ3) is 7.76. The molecule has 1 aromatic heterocycles. The average Bonchev–Trinajstić information content (AvgIpc) is 3.52. The predicted octanol–water partition coefficient (Wildman–Crippen LogP) is 4.57. The Morgan fingerprint density at radius 2 is 1.98 bits per heavy atom. The Labute approximate surface area is 256 Å². The Bertz CT molecular complexity index is 1530. The van der Waals surface area contributed by atoms with Gasteiger partial charge in [-0.15, -0.1) is 11.8 Å². The standard InChI is InChI=1S/C33H38N4O5S/c1-3-4-14-34-15-13-29-35-27(23-43-29)33(39)37-19-17-36(18-20-37)16-8-21-41-32-30(38)26-12-11-25(40-2)22-28(26)42-31(32)24-9-6-5-7-10-24/h3-7,9-15,22,27,29,35H,8,16-21,23H2,1-2H3/b4-3-,15-13+,34-14-. The van der Waals surface area contributed by atoms with E-state index in [9.17, 15) is 9.59 Å². The van der Waals surface area contributed by atoms with Crippen LogP contribution in [0.4, 0.5) is 0 Å². The van der Waals surface area contributed by atoms with Crippen LogP contribution in [0, 0.1) is 0 Å². The molecule has 43 heavy (non-hydrogen) atoms. The first-order valence-electron chi connectivity index (χ1n) is 14.6. The molecule has 0 saturated carbocycles. The van der Waals surface area contributed by atoms with Gasteiger partial charge in [-0.25, -0.2) is 0 Å². The first-order chi connectivity index (χ1) is 21.1. The van der Waals surface area contributed by atoms with Gasteiger partial charge in [0.25, 0.3) is 0 Å². The molecule has 3 aromatic rings. The Kier molecular flexibility index (Phi) is 10.7. The Hall–Kier alpha value is -3.86. The van der Waals surface area contributed by atoms with Crippen LogP contribution in [-0.4, -0.2) is 85.5 Å². The van der Waals surface area contributed by atoms with E-state index in [0.717, 1.165) is 37.4 Å². The van der Waals surface area contributed by atoms with Gasteiger partial charge in [-0.05, 0) is 37.6 Å². The van der Waals surface area contributed by atoms with Crippen molar-refractivity contribution >= 4 is 34.9 Å². The number of aliphatic imine (C=N–C) groups is 1. The number of carbonyl (C=O) groups is 1. The summed E-state index contributed by atoms with van der Waals surface area (Å²) in [5.41, 5.74) is 1.03. The zero-order valence-corrected chi connectivity index (χ0v) is 25.4. The van der Waals surface area contributed by atoms with Gasteiger partial charge < -0.3 is 18.8 Å². The minimum Gasteiger partial charge on any atom is -0.497 e. The summed E-state index contributed by atoms with van der Waals surface area (Å²) >= 11 is 1.73. The molecular weight excluding hydrogens is 564 g/mol. The lowest BCUT2D eigenvalue weighted by atomic mass is 10.1. The molecule has 2 aliphatic rings. The van der Waals surface area contributed by atoms with Crippen molar-refractivity contribution in [3.8, 4) is 22.8 Å². The minimum atomic E-state index is -0.201. The second-order valence-electron chi connectivity index (χ2n) is 10.3. The Balaban J connectivity index is 1.12. The largest absolute Gasteiger partial charge is 0.497 e. The number of amides is 1. The highest BCUT2D eigenvalue weighted by atomic mass is 32.2. The lowest BCUT2D eigenvalue weighted by Crippen LogP contribution is -2.54. The number of fused-ring (bicyclic) bond motifs is 1. The van der Waals surface area contributed by atoms with Crippen LogP contribution in [0.5, 0.6) is 11.5 Å². The summed E-state index contributed by atoms with van der Waals surface area (Å²) in [7, 11) is 1.58. The number of ether oxygens (including phenoxy) is 2. The average molecular weight is 603 g/mol. The topological polar surface area (TPSA) is 96.6 Å². The molecule has 3 heterocycles. The van der Waals surface area contributed by atoms with Crippen molar-refractivity contribution in [3.05, 3.63) is 83.2 Å². The van der Waals surface area contributed by atoms with Crippen LogP contribution in [0.25, 0.3) is 22.3 Å². The Morgan fingerprint density at radius 3 is 2.74 bits per heavy atom. The van der Waals surface area contributed by atoms with Crippen molar-refractivity contribution < 1.29 is 18.7 Å². The van der Waals surface area contributed by atoms with E-state index in [2.05, 4.69) is 15.2 Å². The summed E-state index contributed by atoms with van der Waals surface area (Å²) in [6.07, 6.45) is 10.0. The van der Waals surface area contributed by atoms with E-state index in [1.807, 2.05) is 60.4 Å². The van der Waals surface area contributed by atoms with E-state index in [1.54, 1.807) is 49.5 Å². The first-order valence-corrected chi connectivity index (χ1v) is 15.6. The molecule has 0 radical (unpaired) electrons. The summed E-state index contributed by atoms with van der Waals surface area (Å²) in [5.74, 6) is 2.17. The lowest BCUT2D eigenvalue weighted by Gasteiger charge is -2.35. The molecule has 1 N–H and O–H groups in total. The summed E-state index contributed by atoms with van der Waals surface area (Å²) in [4.78, 5) is 35.0. The summed E-state index contributed by atoms with van der Waals surface area (Å²) in [6.45, 7) is 6.16. The van der Waals surface area contributed by atoms with Crippen LogP contribution in [0.2, 0.25) is 0 Å². The number of hydrogen-bond acceptors (Lipinski definition) is 9. The fraction of sp³-hybridized carbons (Fsp3) is 0.364. The smallest absolute Gasteiger partial charge is 0.240 e. The van der Waals surface area contributed by atoms with E-state index in [-0.39, 0.29) is 28.5 Å². The number of benzene rings is 2. The number of nitrogens with zero attached hydrogens (tertiary/aromatic N) is 3. The van der Waals surface area contributed by atoms with E-state index in [0.29, 0.717) is 42.2 Å². The molecule has 2 atom stereocenters. The van der Waals surface area contributed by atoms with Gasteiger partial charge in [-0.3, -0.25) is 24.8 Å². The SMILES string of the molecule is C\C=C/C=N\C=C\C1NC(C(=O)N2CCN(CCCOc3c(-c4ccccc4)oc4cc(OC)ccc4c3=O)CC2)CS1. The number of allylic oxidation sites excluding steroid dienone is 2. The van der Waals surface area contributed by atoms with Crippen molar-refractivity contribution in [1.29, 1.82) is 0 Å². The van der Waals surface area contributed by atoms with Crippen LogP contribution in [0.1, 0.15) is 13.3 Å². The zero-order valence-electron chi connectivity index (χ0n) is 24.6. The molecule has 2 fully saturated rings. The van der Waals surface area contributed by atoms with Crippen LogP contribution >= 0.6 is 11.8 Å². The normalized spacial score (nSPS) is 19.7. The highest BCUT2D eigenvalue weighted by Crippen LogP contribution is 2.32. The van der Waals surface area contributed by atoms with E-state index < -0.39 is 0 Å². The van der Waals surface area contributed by atoms with Crippen molar-refractivity contribution in [1.82, 2.24) is 15.1 Å². The quantitative estimate of drug-likeness (QED) is 0.252. The van der Waals surface area contributed by atoms with Gasteiger partial charge in [-0.1, -0.05) is 36.4 Å². The van der Waals surface area contributed by atoms with E-state index in [1.165, 1.54) is 0 Å². The molecule has 2 saturated heterocycles. The van der Waals surface area contributed by atoms with Gasteiger partial charge >= 0.3 is 0 Å². The molecule has 9 nitrogen and oxygen atoms in total. The molecule has 0 aliphatic carbocycles. The number of thioether (sulfide) groups is 1. The first kappa shape index (κ1) is 30.6. The summed E-state index contributed by atoms with van der Waals surface area (Å²) < 4.78 is 17.6. The third-order valence-corrected chi connectivity index (χ3v) is 8.64. The van der Waals surface area contributed by atoms with Crippen LogP contribution in [0.15, 0.2) is 87.2 Å². The fourth-order valence-electron chi connectivity index (χ4n) is 5.13. The fourth-order valence-corrected chi connectivity index (χ4v) is 6.21. The molecular formula is C33H38N4O5S. The van der Waals surface area contributed by atoms with E-state index in [4.69, 9.17) is 13.9 Å². The number of carbonyl (C=O) groups excluding carboxylic acids is 1. The van der Waals surface area contributed by atoms with Crippen molar-refractivity contribution in [3.63, 3.8) is 0 Å². The van der Waals surface area contributed by atoms with Gasteiger partial charge in [0.05, 0.1) is 30.5 Å². The summed E-state index contributed by atoms with van der Waals surface area (Å²) in [5, 5.41) is 3.95. The second kappa shape index (κ2) is 15.0. The maximum atomic E-state index is 13.4. The molecule has 2 aliphatic heterocycles. The van der Waals surface area contributed by atoms with Gasteiger partial charge in [0.15, 0.2) is 5.76 Å². The van der Waals surface area contributed by atoms with Crippen LogP contribution < -0.4 is 20.2 Å². The molecule has 2 aromatic carbocycles. The molecule has 1 amide bonds. The predicted molar refractivity (Wildman–Crippen MR) is 173 cm³/mol. The third-order valence-electron chi connectivity index (χ3n) is 7.46. The number of methoxy groups -OCH3 is 1. The Morgan fingerprint density at radius 1 is 1.16 bits per heavy atom. The van der Waals surface area contributed by atoms with Gasteiger partial charge in [0.1, 0.15) is 11.3 Å². The zero-order chi connectivity index (χ0) is 30.0. The van der Waals surface area contributed by atoms with Crippen molar-refractivity contribution in [2.24, 2.45) is 4.99 Å². The molecule has 0 bridgehead atoms. The number of piperazine rings is 1. The molecule has 226 valence electrons. The van der Waals surface area contributed by atoms with Crippen molar-refractivity contribution in [2.45, 2.75) is 24.8 Å². The maximum absolute atomic E-state index is 13.4. The summed E-state index contributed by atoms with van der Waals surface area (Å²) in [6, 6.07) is 14.5. The van der Waals surface area contributed by atoms with Crippen LogP contribution in [-0.2, 0) is 4.79 Å². The van der Waals surface area contributed by atoms with Gasteiger partial charge in [-0.2, -0.15) is 0 Å². The molecule has 10 heteroatoms. The van der Waals surface area contributed by atoms with Crippen molar-refractivity contribution in [2.75, 3.05) is 52.2 Å². The monoisotopic (exact) mass is 602 g/mol. The van der Waals surface area contributed by atoms with Gasteiger partial charge in [0, 0.05) is 62.5 Å². The second-order valence-corrected chi connectivity index (χ2v) is 11.5. The highest BCUT2D eigenvalue weighted by molar-refractivity contribution is 8.00. The lowest BCUT2D eigenvalue weighted by molar-refractivity contribution is -0.134. The number of hydrogen-bond donors (Lipinski definition) is 1. The highest BCUT2D eigenvalue weighted by Gasteiger charge is 2.32. The van der Waals surface area contributed by atoms with Gasteiger partial charge in [0.2, 0.25) is 17.1 Å². The van der Waals surface area contributed by atoms with E-state index >= 15 is 0 Å². The minimum absolute atomic E-state index is 0.0910. The molecule has 0 spiro atoms. The van der Waals surface area contributed by atoms with Crippen LogP contribution in [0.3, 0.4) is 0 Å². The number of rotatable bonds is 11. The number of nitrogens with one attached hydrogen (secondary N) is 1. The maximum Gasteiger partial charge on any atom is 0.240 e.